The highest BCUT2D eigenvalue weighted by atomic mass is 16.6. The molecule has 284 valence electrons. The smallest absolute Gasteiger partial charge is 0.306 e. The van der Waals surface area contributed by atoms with E-state index in [4.69, 9.17) is 14.2 Å². The third-order valence-corrected chi connectivity index (χ3v) is 9.36. The van der Waals surface area contributed by atoms with Gasteiger partial charge in [0.25, 0.3) is 0 Å². The largest absolute Gasteiger partial charge is 0.462 e. The molecule has 0 aliphatic carbocycles. The Balaban J connectivity index is 4.04. The van der Waals surface area contributed by atoms with Crippen molar-refractivity contribution in [3.63, 3.8) is 0 Å². The molecular weight excluding hydrogens is 600 g/mol. The van der Waals surface area contributed by atoms with Gasteiger partial charge in [0.05, 0.1) is 0 Å². The molecule has 0 radical (unpaired) electrons. The third kappa shape index (κ3) is 35.7. The summed E-state index contributed by atoms with van der Waals surface area (Å²) in [6.07, 6.45) is 37.1. The Hall–Kier alpha value is -1.59. The van der Waals surface area contributed by atoms with Crippen LogP contribution in [-0.4, -0.2) is 37.2 Å². The molecule has 0 spiro atoms. The van der Waals surface area contributed by atoms with Gasteiger partial charge in [0.2, 0.25) is 0 Å². The van der Waals surface area contributed by atoms with Crippen LogP contribution in [0.4, 0.5) is 0 Å². The molecule has 0 heterocycles. The quantitative estimate of drug-likeness (QED) is 0.0367. The molecule has 0 aromatic heterocycles. The lowest BCUT2D eigenvalue weighted by atomic mass is 10.0. The second-order valence-corrected chi connectivity index (χ2v) is 14.3. The summed E-state index contributed by atoms with van der Waals surface area (Å²) in [6, 6.07) is 0. The molecule has 0 N–H and O–H groups in total. The Morgan fingerprint density at radius 3 is 0.833 bits per heavy atom. The molecule has 48 heavy (non-hydrogen) atoms. The van der Waals surface area contributed by atoms with Gasteiger partial charge < -0.3 is 14.2 Å². The van der Waals surface area contributed by atoms with Crippen LogP contribution < -0.4 is 0 Å². The number of carbonyl (C=O) groups excluding carboxylic acids is 3. The van der Waals surface area contributed by atoms with Gasteiger partial charge in [-0.2, -0.15) is 0 Å². The number of carbonyl (C=O) groups is 3. The minimum atomic E-state index is -0.754. The summed E-state index contributed by atoms with van der Waals surface area (Å²) < 4.78 is 16.5. The number of rotatable bonds is 38. The lowest BCUT2D eigenvalue weighted by molar-refractivity contribution is -0.167. The molecule has 0 aromatic rings. The van der Waals surface area contributed by atoms with Crippen LogP contribution >= 0.6 is 0 Å². The molecule has 0 fully saturated rings. The average Bonchev–Trinajstić information content (AvgIpc) is 3.08. The van der Waals surface area contributed by atoms with Crippen LogP contribution in [0.2, 0.25) is 0 Å². The molecule has 0 aromatic carbocycles. The summed E-state index contributed by atoms with van der Waals surface area (Å²) in [4.78, 5) is 37.2. The topological polar surface area (TPSA) is 78.9 Å². The molecule has 0 bridgehead atoms. The van der Waals surface area contributed by atoms with E-state index in [9.17, 15) is 14.4 Å². The fourth-order valence-electron chi connectivity index (χ4n) is 6.15. The highest BCUT2D eigenvalue weighted by molar-refractivity contribution is 5.71. The van der Waals surface area contributed by atoms with Crippen molar-refractivity contribution >= 4 is 17.9 Å². The zero-order chi connectivity index (χ0) is 35.2. The van der Waals surface area contributed by atoms with E-state index in [2.05, 4.69) is 20.8 Å². The first-order valence-corrected chi connectivity index (χ1v) is 21.0. The minimum absolute atomic E-state index is 0.0653. The normalized spacial score (nSPS) is 11.8. The first kappa shape index (κ1) is 46.4. The summed E-state index contributed by atoms with van der Waals surface area (Å²) >= 11 is 0. The van der Waals surface area contributed by atoms with E-state index in [-0.39, 0.29) is 31.1 Å². The van der Waals surface area contributed by atoms with Crippen LogP contribution in [0, 0.1) is 0 Å². The van der Waals surface area contributed by atoms with Gasteiger partial charge in [0.15, 0.2) is 6.10 Å². The Morgan fingerprint density at radius 1 is 0.333 bits per heavy atom. The van der Waals surface area contributed by atoms with E-state index in [1.54, 1.807) is 0 Å². The van der Waals surface area contributed by atoms with Crippen molar-refractivity contribution in [2.75, 3.05) is 13.2 Å². The van der Waals surface area contributed by atoms with Crippen LogP contribution in [0.1, 0.15) is 233 Å². The van der Waals surface area contributed by atoms with Crippen LogP contribution in [0.25, 0.3) is 0 Å². The Bertz CT molecular complexity index is 708. The summed E-state index contributed by atoms with van der Waals surface area (Å²) in [5, 5.41) is 0. The van der Waals surface area contributed by atoms with Crippen molar-refractivity contribution < 1.29 is 28.6 Å². The highest BCUT2D eigenvalue weighted by Crippen LogP contribution is 2.15. The van der Waals surface area contributed by atoms with Crippen molar-refractivity contribution in [3.05, 3.63) is 0 Å². The van der Waals surface area contributed by atoms with Gasteiger partial charge in [0, 0.05) is 19.3 Å². The fourth-order valence-corrected chi connectivity index (χ4v) is 6.15. The Kier molecular flexibility index (Phi) is 36.9. The van der Waals surface area contributed by atoms with Gasteiger partial charge in [-0.25, -0.2) is 0 Å². The van der Waals surface area contributed by atoms with Crippen molar-refractivity contribution in [1.82, 2.24) is 0 Å². The number of ether oxygens (including phenoxy) is 3. The summed E-state index contributed by atoms with van der Waals surface area (Å²) in [5.74, 6) is -0.880. The molecule has 0 aliphatic rings. The van der Waals surface area contributed by atoms with E-state index >= 15 is 0 Å². The van der Waals surface area contributed by atoms with E-state index < -0.39 is 6.10 Å². The van der Waals surface area contributed by atoms with Gasteiger partial charge in [-0.05, 0) is 19.3 Å². The second-order valence-electron chi connectivity index (χ2n) is 14.3. The summed E-state index contributed by atoms with van der Waals surface area (Å²) in [6.45, 7) is 6.52. The maximum atomic E-state index is 12.4. The van der Waals surface area contributed by atoms with Crippen molar-refractivity contribution in [2.45, 2.75) is 239 Å². The van der Waals surface area contributed by atoms with Gasteiger partial charge in [-0.1, -0.05) is 194 Å². The molecule has 1 atom stereocenters. The molecular formula is C42H80O6. The summed E-state index contributed by atoms with van der Waals surface area (Å²) in [5.41, 5.74) is 0. The minimum Gasteiger partial charge on any atom is -0.462 e. The molecule has 0 saturated carbocycles. The third-order valence-electron chi connectivity index (χ3n) is 9.36. The second kappa shape index (κ2) is 38.2. The number of esters is 3. The number of hydrogen-bond acceptors (Lipinski definition) is 6. The van der Waals surface area contributed by atoms with Gasteiger partial charge in [-0.3, -0.25) is 14.4 Å². The standard InChI is InChI=1S/C42H80O6/c1-4-7-10-13-15-16-17-18-19-20-21-22-23-24-25-27-30-32-35-41(44)47-38-39(48-42(45)36-33-28-12-9-6-3)37-46-40(43)34-31-29-26-14-11-8-5-2/h39H,4-38H2,1-3H3/t39-/m0/s1. The number of unbranched alkanes of at least 4 members (excludes halogenated alkanes) is 27. The Morgan fingerprint density at radius 2 is 0.562 bits per heavy atom. The molecule has 0 rings (SSSR count). The predicted octanol–water partition coefficient (Wildman–Crippen LogP) is 12.9. The predicted molar refractivity (Wildman–Crippen MR) is 201 cm³/mol. The fraction of sp³-hybridized carbons (Fsp3) is 0.929. The van der Waals surface area contributed by atoms with Crippen molar-refractivity contribution in [2.24, 2.45) is 0 Å². The zero-order valence-corrected chi connectivity index (χ0v) is 32.3. The van der Waals surface area contributed by atoms with E-state index in [1.165, 1.54) is 128 Å². The first-order valence-electron chi connectivity index (χ1n) is 21.0. The van der Waals surface area contributed by atoms with Gasteiger partial charge in [-0.15, -0.1) is 0 Å². The van der Waals surface area contributed by atoms with E-state index in [1.807, 2.05) is 0 Å². The Labute approximate surface area is 298 Å². The maximum absolute atomic E-state index is 12.4. The van der Waals surface area contributed by atoms with Gasteiger partial charge >= 0.3 is 17.9 Å². The van der Waals surface area contributed by atoms with Crippen molar-refractivity contribution in [3.8, 4) is 0 Å². The molecule has 0 amide bonds. The zero-order valence-electron chi connectivity index (χ0n) is 32.3. The molecule has 6 heteroatoms. The van der Waals surface area contributed by atoms with Crippen LogP contribution in [0.15, 0.2) is 0 Å². The van der Waals surface area contributed by atoms with E-state index in [0.717, 1.165) is 64.2 Å². The SMILES string of the molecule is CCCCCCCCCCCCCCCCCCCCC(=O)OC[C@H](COC(=O)CCCCCCCCC)OC(=O)CCCCCCC. The molecule has 0 saturated heterocycles. The van der Waals surface area contributed by atoms with Crippen molar-refractivity contribution in [1.29, 1.82) is 0 Å². The molecule has 0 aliphatic heterocycles. The molecule has 0 unspecified atom stereocenters. The van der Waals surface area contributed by atoms with Gasteiger partial charge in [0.1, 0.15) is 13.2 Å². The molecule has 6 nitrogen and oxygen atoms in total. The number of hydrogen-bond donors (Lipinski definition) is 0. The van der Waals surface area contributed by atoms with E-state index in [0.29, 0.717) is 19.3 Å². The summed E-state index contributed by atoms with van der Waals surface area (Å²) in [7, 11) is 0. The first-order chi connectivity index (χ1) is 23.5. The lowest BCUT2D eigenvalue weighted by Crippen LogP contribution is -2.30. The van der Waals surface area contributed by atoms with Crippen LogP contribution in [0.3, 0.4) is 0 Å². The van der Waals surface area contributed by atoms with Crippen LogP contribution in [-0.2, 0) is 28.6 Å². The average molecular weight is 681 g/mol. The van der Waals surface area contributed by atoms with Crippen LogP contribution in [0.5, 0.6) is 0 Å². The lowest BCUT2D eigenvalue weighted by Gasteiger charge is -2.18. The highest BCUT2D eigenvalue weighted by Gasteiger charge is 2.19. The monoisotopic (exact) mass is 681 g/mol. The maximum Gasteiger partial charge on any atom is 0.306 e.